The van der Waals surface area contributed by atoms with Crippen LogP contribution in [0.5, 0.6) is 0 Å². The van der Waals surface area contributed by atoms with Crippen LogP contribution in [0.3, 0.4) is 0 Å². The highest BCUT2D eigenvalue weighted by atomic mass is 16.5. The van der Waals surface area contributed by atoms with Crippen LogP contribution in [-0.2, 0) is 0 Å². The van der Waals surface area contributed by atoms with Gasteiger partial charge in [0, 0.05) is 25.3 Å². The summed E-state index contributed by atoms with van der Waals surface area (Å²) in [7, 11) is 3.97. The van der Waals surface area contributed by atoms with Gasteiger partial charge in [-0.05, 0) is 30.7 Å². The SMILES string of the molecule is CCCC(O)c1noc(-c2ccc(N(C)C)cc2)n1. The van der Waals surface area contributed by atoms with Gasteiger partial charge in [-0.3, -0.25) is 0 Å². The molecule has 0 spiro atoms. The molecule has 1 unspecified atom stereocenters. The number of aliphatic hydroxyl groups excluding tert-OH is 1. The molecule has 0 saturated heterocycles. The maximum atomic E-state index is 9.81. The zero-order valence-corrected chi connectivity index (χ0v) is 11.5. The van der Waals surface area contributed by atoms with Crippen molar-refractivity contribution in [2.75, 3.05) is 19.0 Å². The van der Waals surface area contributed by atoms with Crippen molar-refractivity contribution in [2.45, 2.75) is 25.9 Å². The van der Waals surface area contributed by atoms with Gasteiger partial charge < -0.3 is 14.5 Å². The molecule has 5 nitrogen and oxygen atoms in total. The molecule has 0 fully saturated rings. The minimum atomic E-state index is -0.649. The summed E-state index contributed by atoms with van der Waals surface area (Å²) in [5.41, 5.74) is 1.96. The van der Waals surface area contributed by atoms with Crippen LogP contribution in [0, 0.1) is 0 Å². The van der Waals surface area contributed by atoms with E-state index in [0.717, 1.165) is 17.7 Å². The first-order chi connectivity index (χ1) is 9.11. The van der Waals surface area contributed by atoms with Gasteiger partial charge in [0.05, 0.1) is 0 Å². The minimum Gasteiger partial charge on any atom is -0.385 e. The van der Waals surface area contributed by atoms with Crippen LogP contribution in [0.4, 0.5) is 5.69 Å². The smallest absolute Gasteiger partial charge is 0.258 e. The second-order valence-corrected chi connectivity index (χ2v) is 4.70. The van der Waals surface area contributed by atoms with Gasteiger partial charge in [0.2, 0.25) is 5.82 Å². The van der Waals surface area contributed by atoms with E-state index in [1.807, 2.05) is 50.2 Å². The third-order valence-electron chi connectivity index (χ3n) is 2.93. The monoisotopic (exact) mass is 261 g/mol. The number of benzene rings is 1. The Morgan fingerprint density at radius 2 is 1.95 bits per heavy atom. The molecular weight excluding hydrogens is 242 g/mol. The fraction of sp³-hybridized carbons (Fsp3) is 0.429. The molecule has 1 heterocycles. The lowest BCUT2D eigenvalue weighted by atomic mass is 10.2. The minimum absolute atomic E-state index is 0.355. The molecule has 0 radical (unpaired) electrons. The van der Waals surface area contributed by atoms with Gasteiger partial charge in [0.25, 0.3) is 5.89 Å². The number of rotatable bonds is 5. The van der Waals surface area contributed by atoms with E-state index in [0.29, 0.717) is 18.1 Å². The second kappa shape index (κ2) is 5.84. The Morgan fingerprint density at radius 3 is 2.53 bits per heavy atom. The molecule has 1 aromatic heterocycles. The molecule has 1 aromatic carbocycles. The van der Waals surface area contributed by atoms with E-state index >= 15 is 0 Å². The fourth-order valence-electron chi connectivity index (χ4n) is 1.79. The average molecular weight is 261 g/mol. The number of aliphatic hydroxyl groups is 1. The summed E-state index contributed by atoms with van der Waals surface area (Å²) in [5.74, 6) is 0.795. The molecular formula is C14H19N3O2. The molecule has 0 aliphatic rings. The lowest BCUT2D eigenvalue weighted by Crippen LogP contribution is -2.07. The molecule has 102 valence electrons. The summed E-state index contributed by atoms with van der Waals surface area (Å²) < 4.78 is 5.18. The predicted molar refractivity (Wildman–Crippen MR) is 73.9 cm³/mol. The summed E-state index contributed by atoms with van der Waals surface area (Å²) >= 11 is 0. The average Bonchev–Trinajstić information content (AvgIpc) is 2.89. The topological polar surface area (TPSA) is 62.4 Å². The Hall–Kier alpha value is -1.88. The number of hydrogen-bond donors (Lipinski definition) is 1. The van der Waals surface area contributed by atoms with Crippen LogP contribution in [-0.4, -0.2) is 29.3 Å². The molecule has 2 aromatic rings. The Bertz CT molecular complexity index is 520. The Morgan fingerprint density at radius 1 is 1.26 bits per heavy atom. The lowest BCUT2D eigenvalue weighted by Gasteiger charge is -2.11. The number of hydrogen-bond acceptors (Lipinski definition) is 5. The third-order valence-corrected chi connectivity index (χ3v) is 2.93. The lowest BCUT2D eigenvalue weighted by molar-refractivity contribution is 0.153. The van der Waals surface area contributed by atoms with Crippen molar-refractivity contribution in [3.63, 3.8) is 0 Å². The highest BCUT2D eigenvalue weighted by molar-refractivity contribution is 5.58. The molecule has 0 aliphatic heterocycles. The zero-order chi connectivity index (χ0) is 13.8. The van der Waals surface area contributed by atoms with Crippen LogP contribution in [0.1, 0.15) is 31.7 Å². The standard InChI is InChI=1S/C14H19N3O2/c1-4-5-12(18)13-15-14(19-16-13)10-6-8-11(9-7-10)17(2)3/h6-9,12,18H,4-5H2,1-3H3. The van der Waals surface area contributed by atoms with Crippen molar-refractivity contribution in [1.82, 2.24) is 10.1 Å². The van der Waals surface area contributed by atoms with Gasteiger partial charge in [-0.15, -0.1) is 0 Å². The van der Waals surface area contributed by atoms with Crippen LogP contribution in [0.2, 0.25) is 0 Å². The van der Waals surface area contributed by atoms with Gasteiger partial charge in [-0.2, -0.15) is 4.98 Å². The summed E-state index contributed by atoms with van der Waals surface area (Å²) in [6.45, 7) is 2.00. The Balaban J connectivity index is 2.18. The van der Waals surface area contributed by atoms with Crippen molar-refractivity contribution < 1.29 is 9.63 Å². The van der Waals surface area contributed by atoms with Gasteiger partial charge in [-0.1, -0.05) is 18.5 Å². The molecule has 0 saturated carbocycles. The molecule has 1 N–H and O–H groups in total. The maximum absolute atomic E-state index is 9.81. The largest absolute Gasteiger partial charge is 0.385 e. The Kier molecular flexibility index (Phi) is 4.16. The molecule has 19 heavy (non-hydrogen) atoms. The summed E-state index contributed by atoms with van der Waals surface area (Å²) in [6, 6.07) is 7.83. The number of anilines is 1. The van der Waals surface area contributed by atoms with Crippen LogP contribution in [0.25, 0.3) is 11.5 Å². The molecule has 1 atom stereocenters. The van der Waals surface area contributed by atoms with Crippen molar-refractivity contribution in [1.29, 1.82) is 0 Å². The van der Waals surface area contributed by atoms with Gasteiger partial charge in [0.1, 0.15) is 6.10 Å². The van der Waals surface area contributed by atoms with Crippen LogP contribution in [0.15, 0.2) is 28.8 Å². The first-order valence-corrected chi connectivity index (χ1v) is 6.41. The van der Waals surface area contributed by atoms with Crippen molar-refractivity contribution in [3.8, 4) is 11.5 Å². The first-order valence-electron chi connectivity index (χ1n) is 6.41. The normalized spacial score (nSPS) is 12.4. The first kappa shape index (κ1) is 13.5. The summed E-state index contributed by atoms with van der Waals surface area (Å²) in [5, 5.41) is 13.6. The van der Waals surface area contributed by atoms with E-state index < -0.39 is 6.10 Å². The molecule has 2 rings (SSSR count). The van der Waals surface area contributed by atoms with E-state index in [1.54, 1.807) is 0 Å². The number of nitrogens with zero attached hydrogens (tertiary/aromatic N) is 3. The van der Waals surface area contributed by atoms with Crippen molar-refractivity contribution in [3.05, 3.63) is 30.1 Å². The van der Waals surface area contributed by atoms with Crippen LogP contribution >= 0.6 is 0 Å². The van der Waals surface area contributed by atoms with Gasteiger partial charge in [-0.25, -0.2) is 0 Å². The summed E-state index contributed by atoms with van der Waals surface area (Å²) in [4.78, 5) is 6.25. The molecule has 0 bridgehead atoms. The van der Waals surface area contributed by atoms with E-state index in [1.165, 1.54) is 0 Å². The molecule has 5 heteroatoms. The highest BCUT2D eigenvalue weighted by Crippen LogP contribution is 2.23. The highest BCUT2D eigenvalue weighted by Gasteiger charge is 2.15. The van der Waals surface area contributed by atoms with Crippen LogP contribution < -0.4 is 4.90 Å². The van der Waals surface area contributed by atoms with Crippen molar-refractivity contribution >= 4 is 5.69 Å². The fourth-order valence-corrected chi connectivity index (χ4v) is 1.79. The summed E-state index contributed by atoms with van der Waals surface area (Å²) in [6.07, 6.45) is 0.866. The van der Waals surface area contributed by atoms with E-state index in [9.17, 15) is 5.11 Å². The maximum Gasteiger partial charge on any atom is 0.258 e. The number of aromatic nitrogens is 2. The molecule has 0 amide bonds. The molecule has 0 aliphatic carbocycles. The van der Waals surface area contributed by atoms with E-state index in [-0.39, 0.29) is 0 Å². The third kappa shape index (κ3) is 3.12. The predicted octanol–water partition coefficient (Wildman–Crippen LogP) is 2.64. The van der Waals surface area contributed by atoms with Crippen molar-refractivity contribution in [2.24, 2.45) is 0 Å². The zero-order valence-electron chi connectivity index (χ0n) is 11.5. The van der Waals surface area contributed by atoms with E-state index in [4.69, 9.17) is 4.52 Å². The van der Waals surface area contributed by atoms with E-state index in [2.05, 4.69) is 10.1 Å². The second-order valence-electron chi connectivity index (χ2n) is 4.70. The van der Waals surface area contributed by atoms with Gasteiger partial charge in [0.15, 0.2) is 0 Å². The van der Waals surface area contributed by atoms with Gasteiger partial charge >= 0.3 is 0 Å². The Labute approximate surface area is 112 Å². The quantitative estimate of drug-likeness (QED) is 0.896.